The van der Waals surface area contributed by atoms with E-state index in [-0.39, 0.29) is 5.78 Å². The van der Waals surface area contributed by atoms with Crippen molar-refractivity contribution in [2.24, 2.45) is 0 Å². The maximum Gasteiger partial charge on any atom is 0.196 e. The Labute approximate surface area is 117 Å². The molecule has 0 amide bonds. The number of carbonyl (C=O) groups excluding carboxylic acids is 1. The molecule has 3 aromatic rings. The standard InChI is InChI=1S/C16H15N3O/c1-2-3-12-4-6-13(7-5-12)16(20)14-10-18-19-9-8-17-11-15(14)19/h4-11H,2-3H2,1H3. The maximum atomic E-state index is 12.5. The third-order valence-corrected chi connectivity index (χ3v) is 3.32. The van der Waals surface area contributed by atoms with Crippen LogP contribution in [0.15, 0.2) is 49.1 Å². The van der Waals surface area contributed by atoms with E-state index in [9.17, 15) is 4.79 Å². The molecule has 2 heterocycles. The summed E-state index contributed by atoms with van der Waals surface area (Å²) >= 11 is 0. The molecule has 0 bridgehead atoms. The summed E-state index contributed by atoms with van der Waals surface area (Å²) in [7, 11) is 0. The first-order chi connectivity index (χ1) is 9.79. The highest BCUT2D eigenvalue weighted by Gasteiger charge is 2.14. The number of hydrogen-bond donors (Lipinski definition) is 0. The second-order valence-corrected chi connectivity index (χ2v) is 4.74. The van der Waals surface area contributed by atoms with Gasteiger partial charge < -0.3 is 0 Å². The van der Waals surface area contributed by atoms with Crippen molar-refractivity contribution >= 4 is 11.3 Å². The number of rotatable bonds is 4. The Morgan fingerprint density at radius 2 is 2.00 bits per heavy atom. The predicted molar refractivity (Wildman–Crippen MR) is 76.9 cm³/mol. The van der Waals surface area contributed by atoms with Crippen LogP contribution in [0.1, 0.15) is 34.8 Å². The molecule has 3 rings (SSSR count). The van der Waals surface area contributed by atoms with Crippen LogP contribution in [-0.2, 0) is 6.42 Å². The van der Waals surface area contributed by atoms with Gasteiger partial charge in [-0.15, -0.1) is 0 Å². The van der Waals surface area contributed by atoms with Gasteiger partial charge in [-0.05, 0) is 12.0 Å². The fourth-order valence-electron chi connectivity index (χ4n) is 2.28. The lowest BCUT2D eigenvalue weighted by Gasteiger charge is -2.02. The van der Waals surface area contributed by atoms with Crippen molar-refractivity contribution in [3.8, 4) is 0 Å². The van der Waals surface area contributed by atoms with E-state index in [1.54, 1.807) is 29.3 Å². The molecule has 0 saturated carbocycles. The lowest BCUT2D eigenvalue weighted by molar-refractivity contribution is 0.104. The topological polar surface area (TPSA) is 47.3 Å². The van der Waals surface area contributed by atoms with E-state index >= 15 is 0 Å². The Kier molecular flexibility index (Phi) is 3.29. The molecule has 0 aliphatic rings. The average Bonchev–Trinajstić information content (AvgIpc) is 2.92. The number of ketones is 1. The molecule has 20 heavy (non-hydrogen) atoms. The van der Waals surface area contributed by atoms with Gasteiger partial charge in [-0.25, -0.2) is 4.52 Å². The summed E-state index contributed by atoms with van der Waals surface area (Å²) in [5.74, 6) is -0.0175. The first kappa shape index (κ1) is 12.5. The summed E-state index contributed by atoms with van der Waals surface area (Å²) in [6.07, 6.45) is 8.78. The Morgan fingerprint density at radius 3 is 2.75 bits per heavy atom. The van der Waals surface area contributed by atoms with Crippen LogP contribution >= 0.6 is 0 Å². The number of nitrogens with zero attached hydrogens (tertiary/aromatic N) is 3. The molecule has 0 fully saturated rings. The van der Waals surface area contributed by atoms with Crippen molar-refractivity contribution in [2.75, 3.05) is 0 Å². The minimum absolute atomic E-state index is 0.0175. The lowest BCUT2D eigenvalue weighted by Crippen LogP contribution is -2.01. The molecule has 0 N–H and O–H groups in total. The maximum absolute atomic E-state index is 12.5. The normalized spacial score (nSPS) is 10.8. The highest BCUT2D eigenvalue weighted by molar-refractivity contribution is 6.12. The molecule has 0 aliphatic carbocycles. The predicted octanol–water partition coefficient (Wildman–Crippen LogP) is 2.91. The van der Waals surface area contributed by atoms with E-state index in [0.717, 1.165) is 18.4 Å². The molecule has 2 aromatic heterocycles. The van der Waals surface area contributed by atoms with E-state index in [4.69, 9.17) is 0 Å². The largest absolute Gasteiger partial charge is 0.288 e. The molecule has 0 saturated heterocycles. The summed E-state index contributed by atoms with van der Waals surface area (Å²) in [5, 5.41) is 4.17. The van der Waals surface area contributed by atoms with Gasteiger partial charge in [0.15, 0.2) is 5.78 Å². The zero-order valence-corrected chi connectivity index (χ0v) is 11.3. The molecule has 100 valence electrons. The van der Waals surface area contributed by atoms with Gasteiger partial charge in [0.1, 0.15) is 0 Å². The first-order valence-corrected chi connectivity index (χ1v) is 6.70. The quantitative estimate of drug-likeness (QED) is 0.681. The average molecular weight is 265 g/mol. The van der Waals surface area contributed by atoms with Crippen LogP contribution < -0.4 is 0 Å². The Hall–Kier alpha value is -2.49. The van der Waals surface area contributed by atoms with Gasteiger partial charge in [0.2, 0.25) is 0 Å². The minimum atomic E-state index is -0.0175. The van der Waals surface area contributed by atoms with Crippen LogP contribution in [0.5, 0.6) is 0 Å². The molecule has 4 nitrogen and oxygen atoms in total. The van der Waals surface area contributed by atoms with Gasteiger partial charge in [0.05, 0.1) is 23.5 Å². The fourth-order valence-corrected chi connectivity index (χ4v) is 2.28. The second-order valence-electron chi connectivity index (χ2n) is 4.74. The van der Waals surface area contributed by atoms with Gasteiger partial charge in [0, 0.05) is 18.0 Å². The summed E-state index contributed by atoms with van der Waals surface area (Å²) < 4.78 is 1.66. The molecular formula is C16H15N3O. The van der Waals surface area contributed by atoms with Crippen LogP contribution in [0.3, 0.4) is 0 Å². The number of aromatic nitrogens is 3. The van der Waals surface area contributed by atoms with Crippen molar-refractivity contribution < 1.29 is 4.79 Å². The third kappa shape index (κ3) is 2.20. The van der Waals surface area contributed by atoms with E-state index in [1.807, 2.05) is 24.3 Å². The van der Waals surface area contributed by atoms with E-state index in [2.05, 4.69) is 17.0 Å². The second kappa shape index (κ2) is 5.25. The number of carbonyl (C=O) groups is 1. The number of fused-ring (bicyclic) bond motifs is 1. The molecular weight excluding hydrogens is 250 g/mol. The van der Waals surface area contributed by atoms with E-state index < -0.39 is 0 Å². The number of benzene rings is 1. The van der Waals surface area contributed by atoms with Crippen molar-refractivity contribution in [1.82, 2.24) is 14.6 Å². The summed E-state index contributed by atoms with van der Waals surface area (Å²) in [6.45, 7) is 2.14. The molecule has 0 atom stereocenters. The Morgan fingerprint density at radius 1 is 1.20 bits per heavy atom. The van der Waals surface area contributed by atoms with Crippen LogP contribution in [0.25, 0.3) is 5.52 Å². The molecule has 0 spiro atoms. The van der Waals surface area contributed by atoms with E-state index in [1.165, 1.54) is 5.56 Å². The molecule has 0 radical (unpaired) electrons. The zero-order valence-electron chi connectivity index (χ0n) is 11.3. The van der Waals surface area contributed by atoms with Crippen LogP contribution in [0, 0.1) is 0 Å². The Bertz CT molecular complexity index is 744. The molecule has 0 aliphatic heterocycles. The molecule has 0 unspecified atom stereocenters. The summed E-state index contributed by atoms with van der Waals surface area (Å²) in [5.41, 5.74) is 3.26. The van der Waals surface area contributed by atoms with Crippen molar-refractivity contribution in [3.05, 3.63) is 65.7 Å². The van der Waals surface area contributed by atoms with Gasteiger partial charge >= 0.3 is 0 Å². The summed E-state index contributed by atoms with van der Waals surface area (Å²) in [4.78, 5) is 16.6. The van der Waals surface area contributed by atoms with Crippen molar-refractivity contribution in [3.63, 3.8) is 0 Å². The third-order valence-electron chi connectivity index (χ3n) is 3.32. The number of hydrogen-bond acceptors (Lipinski definition) is 3. The van der Waals surface area contributed by atoms with Crippen LogP contribution in [-0.4, -0.2) is 20.4 Å². The highest BCUT2D eigenvalue weighted by atomic mass is 16.1. The van der Waals surface area contributed by atoms with Gasteiger partial charge in [-0.2, -0.15) is 5.10 Å². The van der Waals surface area contributed by atoms with Gasteiger partial charge in [0.25, 0.3) is 0 Å². The van der Waals surface area contributed by atoms with Crippen molar-refractivity contribution in [1.29, 1.82) is 0 Å². The fraction of sp³-hybridized carbons (Fsp3) is 0.188. The zero-order chi connectivity index (χ0) is 13.9. The van der Waals surface area contributed by atoms with Crippen LogP contribution in [0.2, 0.25) is 0 Å². The van der Waals surface area contributed by atoms with Crippen LogP contribution in [0.4, 0.5) is 0 Å². The SMILES string of the molecule is CCCc1ccc(C(=O)c2cnn3ccncc23)cc1. The van der Waals surface area contributed by atoms with E-state index in [0.29, 0.717) is 11.1 Å². The smallest absolute Gasteiger partial charge is 0.196 e. The van der Waals surface area contributed by atoms with Gasteiger partial charge in [-0.3, -0.25) is 9.78 Å². The minimum Gasteiger partial charge on any atom is -0.288 e. The molecule has 4 heteroatoms. The lowest BCUT2D eigenvalue weighted by atomic mass is 10.0. The first-order valence-electron chi connectivity index (χ1n) is 6.70. The monoisotopic (exact) mass is 265 g/mol. The molecule has 1 aromatic carbocycles. The number of aryl methyl sites for hydroxylation is 1. The van der Waals surface area contributed by atoms with Gasteiger partial charge in [-0.1, -0.05) is 37.6 Å². The summed E-state index contributed by atoms with van der Waals surface area (Å²) in [6, 6.07) is 7.79. The van der Waals surface area contributed by atoms with Crippen molar-refractivity contribution in [2.45, 2.75) is 19.8 Å². The highest BCUT2D eigenvalue weighted by Crippen LogP contribution is 2.16. The Balaban J connectivity index is 1.95.